The maximum atomic E-state index is 13.3. The van der Waals surface area contributed by atoms with Crippen LogP contribution in [0.25, 0.3) is 10.9 Å². The number of carbonyl (C=O) groups is 1. The number of nitrogens with zero attached hydrogens (tertiary/aromatic N) is 3. The summed E-state index contributed by atoms with van der Waals surface area (Å²) in [6.45, 7) is 0.721. The van der Waals surface area contributed by atoms with Gasteiger partial charge < -0.3 is 4.90 Å². The monoisotopic (exact) mass is 435 g/mol. The standard InChI is InChI=1S/C23H21N3O2S2/c1-25-20(24-17-6-3-2-5-15(17)23(25)28)8-9-21(27)26-12-10-18-16(11-14-30-18)22(26)19-7-4-13-29-19/h2-7,11,13-14,22H,8-10,12H2,1H3/t22-/m0/s1. The number of aryl methyl sites for hydroxylation is 1. The first-order valence-electron chi connectivity index (χ1n) is 9.97. The molecule has 5 rings (SSSR count). The van der Waals surface area contributed by atoms with Gasteiger partial charge in [-0.25, -0.2) is 4.98 Å². The molecule has 0 bridgehead atoms. The molecule has 1 amide bonds. The summed E-state index contributed by atoms with van der Waals surface area (Å²) in [6.07, 6.45) is 1.67. The van der Waals surface area contributed by atoms with Crippen LogP contribution < -0.4 is 5.56 Å². The molecular weight excluding hydrogens is 414 g/mol. The van der Waals surface area contributed by atoms with Crippen molar-refractivity contribution in [3.05, 3.63) is 84.7 Å². The first-order chi connectivity index (χ1) is 14.6. The van der Waals surface area contributed by atoms with Crippen LogP contribution in [-0.2, 0) is 24.7 Å². The highest BCUT2D eigenvalue weighted by Gasteiger charge is 2.33. The summed E-state index contributed by atoms with van der Waals surface area (Å²) in [5, 5.41) is 4.79. The van der Waals surface area contributed by atoms with E-state index in [9.17, 15) is 9.59 Å². The maximum absolute atomic E-state index is 13.3. The lowest BCUT2D eigenvalue weighted by atomic mass is 9.98. The molecule has 1 atom stereocenters. The van der Waals surface area contributed by atoms with Crippen LogP contribution in [0.4, 0.5) is 0 Å². The molecule has 1 aliphatic rings. The van der Waals surface area contributed by atoms with E-state index in [1.54, 1.807) is 40.4 Å². The third-order valence-corrected chi connectivity index (χ3v) is 7.66. The van der Waals surface area contributed by atoms with E-state index in [1.165, 1.54) is 15.3 Å². The first kappa shape index (κ1) is 19.2. The van der Waals surface area contributed by atoms with Gasteiger partial charge in [0.25, 0.3) is 5.56 Å². The van der Waals surface area contributed by atoms with Crippen molar-refractivity contribution < 1.29 is 4.79 Å². The van der Waals surface area contributed by atoms with Gasteiger partial charge >= 0.3 is 0 Å². The Morgan fingerprint density at radius 1 is 1.13 bits per heavy atom. The van der Waals surface area contributed by atoms with Crippen molar-refractivity contribution in [2.45, 2.75) is 25.3 Å². The number of carbonyl (C=O) groups excluding carboxylic acids is 1. The van der Waals surface area contributed by atoms with Crippen molar-refractivity contribution in [3.63, 3.8) is 0 Å². The number of fused-ring (bicyclic) bond motifs is 2. The number of aromatic nitrogens is 2. The van der Waals surface area contributed by atoms with Crippen LogP contribution in [0.2, 0.25) is 0 Å². The summed E-state index contributed by atoms with van der Waals surface area (Å²) in [7, 11) is 1.73. The Kier molecular flexibility index (Phi) is 5.00. The molecule has 0 fully saturated rings. The number of benzene rings is 1. The molecule has 0 saturated carbocycles. The zero-order valence-corrected chi connectivity index (χ0v) is 18.2. The summed E-state index contributed by atoms with van der Waals surface area (Å²) in [4.78, 5) is 35.1. The van der Waals surface area contributed by atoms with Gasteiger partial charge in [-0.1, -0.05) is 18.2 Å². The third kappa shape index (κ3) is 3.28. The van der Waals surface area contributed by atoms with Gasteiger partial charge in [0.2, 0.25) is 5.91 Å². The molecule has 0 aliphatic carbocycles. The van der Waals surface area contributed by atoms with E-state index < -0.39 is 0 Å². The van der Waals surface area contributed by atoms with Crippen LogP contribution in [0.3, 0.4) is 0 Å². The normalized spacial score (nSPS) is 16.0. The molecule has 0 radical (unpaired) electrons. The number of hydrogen-bond donors (Lipinski definition) is 0. The number of thiophene rings is 2. The second kappa shape index (κ2) is 7.81. The largest absolute Gasteiger partial charge is 0.330 e. The summed E-state index contributed by atoms with van der Waals surface area (Å²) in [5.74, 6) is 0.751. The number of amides is 1. The first-order valence-corrected chi connectivity index (χ1v) is 11.7. The van der Waals surface area contributed by atoms with Crippen LogP contribution in [-0.4, -0.2) is 26.9 Å². The molecule has 7 heteroatoms. The number of hydrogen-bond acceptors (Lipinski definition) is 5. The summed E-state index contributed by atoms with van der Waals surface area (Å²) >= 11 is 3.46. The fourth-order valence-electron chi connectivity index (χ4n) is 4.19. The lowest BCUT2D eigenvalue weighted by Gasteiger charge is -2.35. The third-order valence-electron chi connectivity index (χ3n) is 5.74. The SMILES string of the molecule is Cn1c(CCC(=O)N2CCc3sccc3[C@H]2c2cccs2)nc2ccccc2c1=O. The van der Waals surface area contributed by atoms with E-state index in [4.69, 9.17) is 0 Å². The Morgan fingerprint density at radius 3 is 2.83 bits per heavy atom. The van der Waals surface area contributed by atoms with E-state index in [0.717, 1.165) is 13.0 Å². The van der Waals surface area contributed by atoms with Crippen molar-refractivity contribution in [2.75, 3.05) is 6.54 Å². The molecule has 1 aromatic carbocycles. The molecule has 4 heterocycles. The Morgan fingerprint density at radius 2 is 2.00 bits per heavy atom. The molecule has 3 aromatic heterocycles. The Labute approximate surface area is 182 Å². The number of para-hydroxylation sites is 1. The predicted octanol–water partition coefficient (Wildman–Crippen LogP) is 4.16. The minimum Gasteiger partial charge on any atom is -0.330 e. The van der Waals surface area contributed by atoms with Gasteiger partial charge in [0.05, 0.1) is 16.9 Å². The minimum atomic E-state index is -0.0691. The van der Waals surface area contributed by atoms with Gasteiger partial charge in [-0.3, -0.25) is 14.2 Å². The zero-order chi connectivity index (χ0) is 20.7. The quantitative estimate of drug-likeness (QED) is 0.484. The second-order valence-corrected chi connectivity index (χ2v) is 9.44. The van der Waals surface area contributed by atoms with Gasteiger partial charge in [-0.2, -0.15) is 0 Å². The second-order valence-electron chi connectivity index (χ2n) is 7.46. The molecular formula is C23H21N3O2S2. The Hall–Kier alpha value is -2.77. The lowest BCUT2D eigenvalue weighted by Crippen LogP contribution is -2.40. The van der Waals surface area contributed by atoms with Gasteiger partial charge in [-0.15, -0.1) is 22.7 Å². The molecule has 152 valence electrons. The van der Waals surface area contributed by atoms with Crippen molar-refractivity contribution in [1.29, 1.82) is 0 Å². The molecule has 4 aromatic rings. The highest BCUT2D eigenvalue weighted by Crippen LogP contribution is 2.39. The molecule has 0 N–H and O–H groups in total. The van der Waals surface area contributed by atoms with E-state index in [0.29, 0.717) is 29.6 Å². The molecule has 0 saturated heterocycles. The maximum Gasteiger partial charge on any atom is 0.261 e. The molecule has 0 spiro atoms. The van der Waals surface area contributed by atoms with Crippen LogP contribution in [0, 0.1) is 0 Å². The molecule has 1 aliphatic heterocycles. The highest BCUT2D eigenvalue weighted by atomic mass is 32.1. The molecule has 30 heavy (non-hydrogen) atoms. The zero-order valence-electron chi connectivity index (χ0n) is 16.6. The highest BCUT2D eigenvalue weighted by molar-refractivity contribution is 7.10. The average Bonchev–Trinajstić information content (AvgIpc) is 3.46. The fraction of sp³-hybridized carbons (Fsp3) is 0.261. The van der Waals surface area contributed by atoms with Crippen LogP contribution in [0.1, 0.15) is 33.6 Å². The van der Waals surface area contributed by atoms with E-state index in [-0.39, 0.29) is 17.5 Å². The van der Waals surface area contributed by atoms with Crippen molar-refractivity contribution in [3.8, 4) is 0 Å². The van der Waals surface area contributed by atoms with E-state index in [2.05, 4.69) is 27.9 Å². The van der Waals surface area contributed by atoms with Crippen molar-refractivity contribution in [1.82, 2.24) is 14.5 Å². The van der Waals surface area contributed by atoms with Gasteiger partial charge in [0.1, 0.15) is 5.82 Å². The topological polar surface area (TPSA) is 55.2 Å². The van der Waals surface area contributed by atoms with Gasteiger partial charge in [-0.05, 0) is 47.0 Å². The summed E-state index contributed by atoms with van der Waals surface area (Å²) < 4.78 is 1.57. The Balaban J connectivity index is 1.41. The Bertz CT molecular complexity index is 1270. The fourth-order valence-corrected chi connectivity index (χ4v) is 5.95. The van der Waals surface area contributed by atoms with Gasteiger partial charge in [0.15, 0.2) is 0 Å². The van der Waals surface area contributed by atoms with Crippen molar-refractivity contribution >= 4 is 39.5 Å². The summed E-state index contributed by atoms with van der Waals surface area (Å²) in [5.41, 5.74) is 1.86. The average molecular weight is 436 g/mol. The predicted molar refractivity (Wildman–Crippen MR) is 121 cm³/mol. The smallest absolute Gasteiger partial charge is 0.261 e. The minimum absolute atomic E-state index is 0.0131. The number of rotatable bonds is 4. The van der Waals surface area contributed by atoms with Gasteiger partial charge in [0, 0.05) is 36.2 Å². The van der Waals surface area contributed by atoms with E-state index in [1.807, 2.05) is 29.2 Å². The molecule has 0 unspecified atom stereocenters. The van der Waals surface area contributed by atoms with Crippen LogP contribution in [0.5, 0.6) is 0 Å². The molecule has 5 nitrogen and oxygen atoms in total. The van der Waals surface area contributed by atoms with Crippen LogP contribution in [0.15, 0.2) is 58.0 Å². The van der Waals surface area contributed by atoms with Crippen LogP contribution >= 0.6 is 22.7 Å². The van der Waals surface area contributed by atoms with E-state index >= 15 is 0 Å². The lowest BCUT2D eigenvalue weighted by molar-refractivity contribution is -0.133. The van der Waals surface area contributed by atoms with Crippen molar-refractivity contribution in [2.24, 2.45) is 7.05 Å². The summed E-state index contributed by atoms with van der Waals surface area (Å²) in [6, 6.07) is 13.6.